The van der Waals surface area contributed by atoms with Gasteiger partial charge in [-0.15, -0.1) is 6.42 Å². The minimum absolute atomic E-state index is 0.368. The highest BCUT2D eigenvalue weighted by atomic mass is 16.4. The Morgan fingerprint density at radius 3 is 2.71 bits per heavy atom. The van der Waals surface area contributed by atoms with Crippen LogP contribution in [0.3, 0.4) is 0 Å². The quantitative estimate of drug-likeness (QED) is 0.504. The Kier molecular flexibility index (Phi) is 2.87. The summed E-state index contributed by atoms with van der Waals surface area (Å²) in [7, 11) is 0. The van der Waals surface area contributed by atoms with E-state index in [9.17, 15) is 9.59 Å². The van der Waals surface area contributed by atoms with Gasteiger partial charge in [-0.2, -0.15) is 0 Å². The van der Waals surface area contributed by atoms with Crippen LogP contribution in [-0.4, -0.2) is 17.0 Å². The van der Waals surface area contributed by atoms with Crippen LogP contribution < -0.4 is 5.32 Å². The first kappa shape index (κ1) is 9.81. The Bertz CT molecular complexity index is 418. The maximum absolute atomic E-state index is 10.7. The molecule has 1 rings (SSSR count). The molecule has 0 aliphatic rings. The van der Waals surface area contributed by atoms with Crippen molar-refractivity contribution >= 4 is 17.6 Å². The van der Waals surface area contributed by atoms with E-state index in [1.807, 2.05) is 0 Å². The van der Waals surface area contributed by atoms with Gasteiger partial charge in [0, 0.05) is 11.3 Å². The average Bonchev–Trinajstić information content (AvgIpc) is 2.18. The molecule has 0 fully saturated rings. The van der Waals surface area contributed by atoms with Gasteiger partial charge in [-0.3, -0.25) is 4.79 Å². The fraction of sp³-hybridized carbons (Fsp3) is 0. The number of carbonyl (C=O) groups excluding carboxylic acids is 1. The Labute approximate surface area is 80.6 Å². The van der Waals surface area contributed by atoms with Gasteiger partial charge in [0.25, 0.3) is 0 Å². The summed E-state index contributed by atoms with van der Waals surface area (Å²) < 4.78 is 0. The molecular weight excluding hydrogens is 182 g/mol. The molecule has 1 aromatic carbocycles. The van der Waals surface area contributed by atoms with Crippen LogP contribution in [0, 0.1) is 12.3 Å². The normalized spacial score (nSPS) is 8.79. The number of nitrogens with one attached hydrogen (secondary N) is 1. The molecule has 0 spiro atoms. The van der Waals surface area contributed by atoms with E-state index in [-0.39, 0.29) is 0 Å². The number of hydrogen-bond donors (Lipinski definition) is 2. The molecule has 1 aromatic rings. The number of carboxylic acids is 1. The molecule has 0 saturated carbocycles. The van der Waals surface area contributed by atoms with Crippen LogP contribution in [0.1, 0.15) is 5.56 Å². The van der Waals surface area contributed by atoms with Gasteiger partial charge in [-0.05, 0) is 18.2 Å². The molecule has 0 aliphatic carbocycles. The zero-order valence-electron chi connectivity index (χ0n) is 7.15. The van der Waals surface area contributed by atoms with Crippen molar-refractivity contribution < 1.29 is 14.7 Å². The third-order valence-electron chi connectivity index (χ3n) is 1.48. The maximum atomic E-state index is 10.7. The van der Waals surface area contributed by atoms with E-state index in [1.165, 1.54) is 6.07 Å². The maximum Gasteiger partial charge on any atom is 0.394 e. The summed E-state index contributed by atoms with van der Waals surface area (Å²) in [5.74, 6) is -0.244. The van der Waals surface area contributed by atoms with Crippen molar-refractivity contribution in [3.05, 3.63) is 29.8 Å². The fourth-order valence-corrected chi connectivity index (χ4v) is 0.871. The largest absolute Gasteiger partial charge is 0.474 e. The lowest BCUT2D eigenvalue weighted by Gasteiger charge is -2.01. The van der Waals surface area contributed by atoms with Crippen LogP contribution in [0.5, 0.6) is 0 Å². The number of anilines is 1. The number of terminal acetylenes is 1. The number of carbonyl (C=O) groups is 2. The van der Waals surface area contributed by atoms with Crippen LogP contribution in [0.2, 0.25) is 0 Å². The second kappa shape index (κ2) is 4.10. The Morgan fingerprint density at radius 2 is 2.14 bits per heavy atom. The molecule has 0 atom stereocenters. The zero-order chi connectivity index (χ0) is 10.6. The first-order chi connectivity index (χ1) is 6.63. The van der Waals surface area contributed by atoms with Crippen molar-refractivity contribution in [2.75, 3.05) is 5.32 Å². The third kappa shape index (κ3) is 2.35. The minimum atomic E-state index is -1.53. The van der Waals surface area contributed by atoms with Crippen LogP contribution in [0.15, 0.2) is 24.3 Å². The van der Waals surface area contributed by atoms with E-state index in [1.54, 1.807) is 18.2 Å². The number of aliphatic carboxylic acids is 1. The number of carboxylic acid groups (broad SMARTS) is 1. The highest BCUT2D eigenvalue weighted by Crippen LogP contribution is 2.09. The average molecular weight is 189 g/mol. The van der Waals surface area contributed by atoms with Gasteiger partial charge in [-0.25, -0.2) is 4.79 Å². The van der Waals surface area contributed by atoms with Crippen LogP contribution >= 0.6 is 0 Å². The lowest BCUT2D eigenvalue weighted by atomic mass is 10.2. The molecule has 2 N–H and O–H groups in total. The summed E-state index contributed by atoms with van der Waals surface area (Å²) in [4.78, 5) is 21.0. The highest BCUT2D eigenvalue weighted by molar-refractivity contribution is 6.36. The molecule has 0 aromatic heterocycles. The number of benzene rings is 1. The summed E-state index contributed by atoms with van der Waals surface area (Å²) in [5, 5.41) is 10.5. The third-order valence-corrected chi connectivity index (χ3v) is 1.48. The molecule has 1 amide bonds. The molecule has 0 unspecified atom stereocenters. The van der Waals surface area contributed by atoms with Crippen LogP contribution in [0.25, 0.3) is 0 Å². The van der Waals surface area contributed by atoms with Crippen molar-refractivity contribution in [1.82, 2.24) is 0 Å². The SMILES string of the molecule is C#Cc1cccc(NC(=O)C(=O)O)c1. The molecule has 14 heavy (non-hydrogen) atoms. The van der Waals surface area contributed by atoms with Gasteiger partial charge in [0.1, 0.15) is 0 Å². The van der Waals surface area contributed by atoms with E-state index < -0.39 is 11.9 Å². The molecular formula is C10H7NO3. The van der Waals surface area contributed by atoms with Crippen molar-refractivity contribution in [2.45, 2.75) is 0 Å². The van der Waals surface area contributed by atoms with Crippen LogP contribution in [0.4, 0.5) is 5.69 Å². The lowest BCUT2D eigenvalue weighted by Crippen LogP contribution is -2.21. The van der Waals surface area contributed by atoms with E-state index in [2.05, 4.69) is 11.2 Å². The Morgan fingerprint density at radius 1 is 1.43 bits per heavy atom. The summed E-state index contributed by atoms with van der Waals surface area (Å²) in [6.07, 6.45) is 5.13. The van der Waals surface area contributed by atoms with Crippen LogP contribution in [-0.2, 0) is 9.59 Å². The summed E-state index contributed by atoms with van der Waals surface area (Å²) >= 11 is 0. The van der Waals surface area contributed by atoms with Gasteiger partial charge in [0.2, 0.25) is 0 Å². The molecule has 70 valence electrons. The Balaban J connectivity index is 2.83. The van der Waals surface area contributed by atoms with Crippen molar-refractivity contribution in [1.29, 1.82) is 0 Å². The van der Waals surface area contributed by atoms with Gasteiger partial charge < -0.3 is 10.4 Å². The molecule has 0 saturated heterocycles. The van der Waals surface area contributed by atoms with Gasteiger partial charge in [-0.1, -0.05) is 12.0 Å². The topological polar surface area (TPSA) is 66.4 Å². The standard InChI is InChI=1S/C10H7NO3/c1-2-7-4-3-5-8(6-7)11-9(12)10(13)14/h1,3-6H,(H,11,12)(H,13,14). The van der Waals surface area contributed by atoms with Crippen molar-refractivity contribution in [3.63, 3.8) is 0 Å². The summed E-state index contributed by atoms with van der Waals surface area (Å²) in [6, 6.07) is 6.38. The molecule has 0 radical (unpaired) electrons. The first-order valence-corrected chi connectivity index (χ1v) is 3.74. The highest BCUT2D eigenvalue weighted by Gasteiger charge is 2.10. The number of rotatable bonds is 1. The molecule has 0 heterocycles. The first-order valence-electron chi connectivity index (χ1n) is 3.74. The van der Waals surface area contributed by atoms with E-state index >= 15 is 0 Å². The number of hydrogen-bond acceptors (Lipinski definition) is 2. The lowest BCUT2D eigenvalue weighted by molar-refractivity contribution is -0.147. The Hall–Kier alpha value is -2.28. The van der Waals surface area contributed by atoms with Crippen molar-refractivity contribution in [2.24, 2.45) is 0 Å². The van der Waals surface area contributed by atoms with Gasteiger partial charge in [0.15, 0.2) is 0 Å². The predicted molar refractivity (Wildman–Crippen MR) is 50.6 cm³/mol. The second-order valence-corrected chi connectivity index (χ2v) is 2.48. The van der Waals surface area contributed by atoms with Gasteiger partial charge in [0.05, 0.1) is 0 Å². The van der Waals surface area contributed by atoms with E-state index in [0.29, 0.717) is 11.3 Å². The van der Waals surface area contributed by atoms with Gasteiger partial charge >= 0.3 is 11.9 Å². The predicted octanol–water partition coefficient (Wildman–Crippen LogP) is 0.691. The minimum Gasteiger partial charge on any atom is -0.474 e. The molecule has 0 aliphatic heterocycles. The second-order valence-electron chi connectivity index (χ2n) is 2.48. The zero-order valence-corrected chi connectivity index (χ0v) is 7.15. The number of amides is 1. The van der Waals surface area contributed by atoms with E-state index in [4.69, 9.17) is 11.5 Å². The molecule has 4 nitrogen and oxygen atoms in total. The summed E-state index contributed by atoms with van der Waals surface area (Å²) in [5.41, 5.74) is 0.945. The smallest absolute Gasteiger partial charge is 0.394 e. The van der Waals surface area contributed by atoms with Crippen molar-refractivity contribution in [3.8, 4) is 12.3 Å². The van der Waals surface area contributed by atoms with E-state index in [0.717, 1.165) is 0 Å². The fourth-order valence-electron chi connectivity index (χ4n) is 0.871. The monoisotopic (exact) mass is 189 g/mol. The molecule has 4 heteroatoms. The summed E-state index contributed by atoms with van der Waals surface area (Å²) in [6.45, 7) is 0. The molecule has 0 bridgehead atoms.